The highest BCUT2D eigenvalue weighted by atomic mass is 79.9. The minimum absolute atomic E-state index is 0.0240. The lowest BCUT2D eigenvalue weighted by molar-refractivity contribution is -0.115. The van der Waals surface area contributed by atoms with Gasteiger partial charge in [0.25, 0.3) is 0 Å². The first-order valence-corrected chi connectivity index (χ1v) is 7.46. The number of rotatable bonds is 6. The second-order valence-electron chi connectivity index (χ2n) is 4.60. The van der Waals surface area contributed by atoms with Crippen molar-refractivity contribution >= 4 is 33.2 Å². The molecule has 0 bridgehead atoms. The Labute approximate surface area is 133 Å². The largest absolute Gasteiger partial charge is 0.382 e. The number of carbonyl (C=O) groups is 1. The summed E-state index contributed by atoms with van der Waals surface area (Å²) in [7, 11) is 0. The van der Waals surface area contributed by atoms with E-state index < -0.39 is 0 Å². The summed E-state index contributed by atoms with van der Waals surface area (Å²) in [5, 5.41) is 6.07. The molecule has 21 heavy (non-hydrogen) atoms. The standard InChI is InChI=1S/C17H17BrN2O/c1-2-11-19-15-7-9-16(10-8-15)20-17(21)12-13-3-5-14(18)6-4-13/h2-10,19H,1,11-12H2,(H,20,21). The summed E-state index contributed by atoms with van der Waals surface area (Å²) in [4.78, 5) is 12.0. The van der Waals surface area contributed by atoms with Crippen LogP contribution in [0.25, 0.3) is 0 Å². The monoisotopic (exact) mass is 344 g/mol. The molecule has 0 aliphatic heterocycles. The molecule has 0 aliphatic carbocycles. The van der Waals surface area contributed by atoms with Crippen LogP contribution in [-0.4, -0.2) is 12.5 Å². The van der Waals surface area contributed by atoms with E-state index in [9.17, 15) is 4.79 Å². The number of nitrogens with one attached hydrogen (secondary N) is 2. The zero-order chi connectivity index (χ0) is 15.1. The van der Waals surface area contributed by atoms with E-state index >= 15 is 0 Å². The smallest absolute Gasteiger partial charge is 0.228 e. The summed E-state index contributed by atoms with van der Waals surface area (Å²) in [5.41, 5.74) is 2.78. The van der Waals surface area contributed by atoms with Gasteiger partial charge < -0.3 is 10.6 Å². The molecule has 0 unspecified atom stereocenters. The second kappa shape index (κ2) is 7.64. The van der Waals surface area contributed by atoms with Gasteiger partial charge in [0, 0.05) is 22.4 Å². The van der Waals surface area contributed by atoms with Crippen molar-refractivity contribution in [2.24, 2.45) is 0 Å². The van der Waals surface area contributed by atoms with Gasteiger partial charge in [0.1, 0.15) is 0 Å². The van der Waals surface area contributed by atoms with Crippen molar-refractivity contribution in [3.8, 4) is 0 Å². The lowest BCUT2D eigenvalue weighted by Gasteiger charge is -2.07. The molecule has 2 aromatic carbocycles. The molecule has 2 rings (SSSR count). The fourth-order valence-corrected chi connectivity index (χ4v) is 2.12. The minimum atomic E-state index is -0.0240. The van der Waals surface area contributed by atoms with Crippen LogP contribution in [-0.2, 0) is 11.2 Å². The highest BCUT2D eigenvalue weighted by Gasteiger charge is 2.04. The van der Waals surface area contributed by atoms with Crippen LogP contribution in [0.3, 0.4) is 0 Å². The molecule has 0 aliphatic rings. The Morgan fingerprint density at radius 1 is 1.05 bits per heavy atom. The Balaban J connectivity index is 1.90. The molecule has 0 saturated heterocycles. The van der Waals surface area contributed by atoms with Crippen LogP contribution < -0.4 is 10.6 Å². The van der Waals surface area contributed by atoms with Crippen molar-refractivity contribution in [2.45, 2.75) is 6.42 Å². The van der Waals surface area contributed by atoms with Crippen molar-refractivity contribution in [3.63, 3.8) is 0 Å². The van der Waals surface area contributed by atoms with Crippen LogP contribution in [0, 0.1) is 0 Å². The first kappa shape index (κ1) is 15.3. The topological polar surface area (TPSA) is 41.1 Å². The fourth-order valence-electron chi connectivity index (χ4n) is 1.85. The molecule has 0 heterocycles. The van der Waals surface area contributed by atoms with Crippen molar-refractivity contribution in [3.05, 3.63) is 71.2 Å². The molecule has 3 nitrogen and oxygen atoms in total. The Morgan fingerprint density at radius 3 is 2.29 bits per heavy atom. The molecule has 0 fully saturated rings. The maximum atomic E-state index is 12.0. The number of amides is 1. The molecule has 0 aromatic heterocycles. The first-order valence-electron chi connectivity index (χ1n) is 6.66. The molecular weight excluding hydrogens is 328 g/mol. The first-order chi connectivity index (χ1) is 10.2. The lowest BCUT2D eigenvalue weighted by atomic mass is 10.1. The Hall–Kier alpha value is -2.07. The van der Waals surface area contributed by atoms with E-state index in [0.29, 0.717) is 6.42 Å². The van der Waals surface area contributed by atoms with Gasteiger partial charge in [0.15, 0.2) is 0 Å². The van der Waals surface area contributed by atoms with E-state index in [1.807, 2.05) is 48.5 Å². The predicted octanol–water partition coefficient (Wildman–Crippen LogP) is 4.23. The maximum absolute atomic E-state index is 12.0. The quantitative estimate of drug-likeness (QED) is 0.770. The van der Waals surface area contributed by atoms with Crippen LogP contribution in [0.15, 0.2) is 65.7 Å². The van der Waals surface area contributed by atoms with E-state index in [1.54, 1.807) is 6.08 Å². The Kier molecular flexibility index (Phi) is 5.58. The third kappa shape index (κ3) is 5.08. The SMILES string of the molecule is C=CCNc1ccc(NC(=O)Cc2ccc(Br)cc2)cc1. The third-order valence-electron chi connectivity index (χ3n) is 2.90. The second-order valence-corrected chi connectivity index (χ2v) is 5.51. The van der Waals surface area contributed by atoms with E-state index in [4.69, 9.17) is 0 Å². The van der Waals surface area contributed by atoms with Crippen LogP contribution in [0.2, 0.25) is 0 Å². The number of hydrogen-bond donors (Lipinski definition) is 2. The van der Waals surface area contributed by atoms with Gasteiger partial charge in [0.05, 0.1) is 6.42 Å². The number of carbonyl (C=O) groups excluding carboxylic acids is 1. The lowest BCUT2D eigenvalue weighted by Crippen LogP contribution is -2.14. The van der Waals surface area contributed by atoms with Crippen molar-refractivity contribution < 1.29 is 4.79 Å². The average Bonchev–Trinajstić information content (AvgIpc) is 2.49. The van der Waals surface area contributed by atoms with Crippen molar-refractivity contribution in [1.82, 2.24) is 0 Å². The van der Waals surface area contributed by atoms with E-state index in [-0.39, 0.29) is 5.91 Å². The molecule has 0 radical (unpaired) electrons. The normalized spacial score (nSPS) is 9.95. The van der Waals surface area contributed by atoms with Crippen molar-refractivity contribution in [2.75, 3.05) is 17.2 Å². The van der Waals surface area contributed by atoms with Crippen molar-refractivity contribution in [1.29, 1.82) is 0 Å². The van der Waals surface area contributed by atoms with Gasteiger partial charge in [-0.25, -0.2) is 0 Å². The number of benzene rings is 2. The molecule has 108 valence electrons. The average molecular weight is 345 g/mol. The summed E-state index contributed by atoms with van der Waals surface area (Å²) >= 11 is 3.38. The molecule has 0 spiro atoms. The number of anilines is 2. The fraction of sp³-hybridized carbons (Fsp3) is 0.118. The summed E-state index contributed by atoms with van der Waals surface area (Å²) < 4.78 is 1.01. The van der Waals surface area contributed by atoms with E-state index in [0.717, 1.165) is 28.0 Å². The maximum Gasteiger partial charge on any atom is 0.228 e. The van der Waals surface area contributed by atoms with Gasteiger partial charge in [-0.1, -0.05) is 34.1 Å². The zero-order valence-electron chi connectivity index (χ0n) is 11.6. The Bertz CT molecular complexity index is 606. The van der Waals surface area contributed by atoms with Gasteiger partial charge in [-0.15, -0.1) is 6.58 Å². The summed E-state index contributed by atoms with van der Waals surface area (Å²) in [6, 6.07) is 15.4. The zero-order valence-corrected chi connectivity index (χ0v) is 13.2. The highest BCUT2D eigenvalue weighted by Crippen LogP contribution is 2.15. The van der Waals surface area contributed by atoms with Gasteiger partial charge in [-0.2, -0.15) is 0 Å². The van der Waals surface area contributed by atoms with Crippen LogP contribution in [0.5, 0.6) is 0 Å². The number of halogens is 1. The molecule has 0 saturated carbocycles. The summed E-state index contributed by atoms with van der Waals surface area (Å²) in [6.07, 6.45) is 2.16. The highest BCUT2D eigenvalue weighted by molar-refractivity contribution is 9.10. The Morgan fingerprint density at radius 2 is 1.67 bits per heavy atom. The van der Waals surface area contributed by atoms with Crippen LogP contribution in [0.1, 0.15) is 5.56 Å². The molecule has 0 atom stereocenters. The van der Waals surface area contributed by atoms with E-state index in [2.05, 4.69) is 33.1 Å². The molecule has 2 aromatic rings. The molecule has 2 N–H and O–H groups in total. The van der Waals surface area contributed by atoms with Gasteiger partial charge in [-0.05, 0) is 42.0 Å². The molecule has 1 amide bonds. The van der Waals surface area contributed by atoms with Gasteiger partial charge >= 0.3 is 0 Å². The minimum Gasteiger partial charge on any atom is -0.382 e. The molecular formula is C17H17BrN2O. The third-order valence-corrected chi connectivity index (χ3v) is 3.43. The number of hydrogen-bond acceptors (Lipinski definition) is 2. The van der Waals surface area contributed by atoms with Gasteiger partial charge in [0.2, 0.25) is 5.91 Å². The van der Waals surface area contributed by atoms with E-state index in [1.165, 1.54) is 0 Å². The summed E-state index contributed by atoms with van der Waals surface area (Å²) in [5.74, 6) is -0.0240. The summed E-state index contributed by atoms with van der Waals surface area (Å²) in [6.45, 7) is 4.37. The van der Waals surface area contributed by atoms with Crippen LogP contribution >= 0.6 is 15.9 Å². The predicted molar refractivity (Wildman–Crippen MR) is 91.6 cm³/mol. The van der Waals surface area contributed by atoms with Crippen LogP contribution in [0.4, 0.5) is 11.4 Å². The van der Waals surface area contributed by atoms with Gasteiger partial charge in [-0.3, -0.25) is 4.79 Å². The molecule has 4 heteroatoms.